The summed E-state index contributed by atoms with van der Waals surface area (Å²) < 4.78 is 0. The molecule has 0 amide bonds. The van der Waals surface area contributed by atoms with E-state index in [1.165, 1.54) is 0 Å². The molecule has 0 bridgehead atoms. The molecule has 1 unspecified atom stereocenters. The minimum Gasteiger partial charge on any atom is -0.550 e. The minimum atomic E-state index is -0.893. The first kappa shape index (κ1) is 14.0. The molecule has 0 aromatic rings. The molecule has 11 heavy (non-hydrogen) atoms. The summed E-state index contributed by atoms with van der Waals surface area (Å²) in [6.45, 7) is 3.94. The van der Waals surface area contributed by atoms with E-state index in [2.05, 4.69) is 6.92 Å². The molecule has 0 spiro atoms. The number of carboxylic acid groups (broad SMARTS) is 1. The van der Waals surface area contributed by atoms with Crippen LogP contribution < -0.4 is 5.11 Å². The molecule has 3 heteroatoms. The fourth-order valence-corrected chi connectivity index (χ4v) is 0.939. The van der Waals surface area contributed by atoms with E-state index >= 15 is 0 Å². The van der Waals surface area contributed by atoms with E-state index in [4.69, 9.17) is 0 Å². The standard InChI is InChI=1S/C8H16O2.Hg/c1-3-5-6-7(4-2)8(9)10;/h7H,3-6H2,1-2H3,(H,9,10);/q;+1/p-1. The molecule has 0 rings (SSSR count). The summed E-state index contributed by atoms with van der Waals surface area (Å²) in [5.41, 5.74) is 0. The maximum absolute atomic E-state index is 10.3. The number of rotatable bonds is 5. The van der Waals surface area contributed by atoms with Gasteiger partial charge < -0.3 is 9.90 Å². The maximum Gasteiger partial charge on any atom is 1.00 e. The molecule has 1 radical (unpaired) electrons. The van der Waals surface area contributed by atoms with Gasteiger partial charge in [0.05, 0.1) is 0 Å². The van der Waals surface area contributed by atoms with Gasteiger partial charge in [-0.15, -0.1) is 0 Å². The molecule has 0 aliphatic carbocycles. The topological polar surface area (TPSA) is 40.1 Å². The normalized spacial score (nSPS) is 11.8. The van der Waals surface area contributed by atoms with Crippen molar-refractivity contribution in [1.82, 2.24) is 0 Å². The van der Waals surface area contributed by atoms with Crippen LogP contribution in [0.3, 0.4) is 0 Å². The van der Waals surface area contributed by atoms with Crippen molar-refractivity contribution in [2.24, 2.45) is 5.92 Å². The van der Waals surface area contributed by atoms with Gasteiger partial charge in [-0.2, -0.15) is 0 Å². The first-order chi connectivity index (χ1) is 4.72. The zero-order chi connectivity index (χ0) is 7.98. The molecule has 0 saturated carbocycles. The van der Waals surface area contributed by atoms with Crippen LogP contribution in [0.4, 0.5) is 0 Å². The van der Waals surface area contributed by atoms with E-state index in [-0.39, 0.29) is 33.6 Å². The van der Waals surface area contributed by atoms with E-state index in [0.717, 1.165) is 19.3 Å². The van der Waals surface area contributed by atoms with Crippen molar-refractivity contribution < 1.29 is 37.6 Å². The molecule has 61 valence electrons. The second kappa shape index (κ2) is 8.50. The van der Waals surface area contributed by atoms with E-state index in [1.807, 2.05) is 6.92 Å². The predicted octanol–water partition coefficient (Wildman–Crippen LogP) is 0.950. The third-order valence-corrected chi connectivity index (χ3v) is 1.73. The van der Waals surface area contributed by atoms with Crippen LogP contribution in [0.25, 0.3) is 0 Å². The van der Waals surface area contributed by atoms with Gasteiger partial charge >= 0.3 is 27.7 Å². The molecular formula is C8H15HgO2. The molecular weight excluding hydrogens is 329 g/mol. The van der Waals surface area contributed by atoms with Gasteiger partial charge in [-0.05, 0) is 18.8 Å². The quantitative estimate of drug-likeness (QED) is 0.697. The Morgan fingerprint density at radius 3 is 2.27 bits per heavy atom. The second-order valence-corrected chi connectivity index (χ2v) is 2.57. The Bertz CT molecular complexity index is 104. The Balaban J connectivity index is 0. The van der Waals surface area contributed by atoms with Crippen molar-refractivity contribution in [1.29, 1.82) is 0 Å². The molecule has 0 aromatic carbocycles. The number of carbonyl (C=O) groups excluding carboxylic acids is 1. The second-order valence-electron chi connectivity index (χ2n) is 2.57. The van der Waals surface area contributed by atoms with Crippen molar-refractivity contribution in [2.45, 2.75) is 39.5 Å². The van der Waals surface area contributed by atoms with E-state index in [0.29, 0.717) is 6.42 Å². The molecule has 1 atom stereocenters. The van der Waals surface area contributed by atoms with Crippen molar-refractivity contribution in [3.63, 3.8) is 0 Å². The van der Waals surface area contributed by atoms with Gasteiger partial charge in [0.25, 0.3) is 0 Å². The number of aliphatic carboxylic acids is 1. The molecule has 0 aromatic heterocycles. The van der Waals surface area contributed by atoms with Crippen LogP contribution in [0.2, 0.25) is 0 Å². The fraction of sp³-hybridized carbons (Fsp3) is 0.875. The third-order valence-electron chi connectivity index (χ3n) is 1.73. The van der Waals surface area contributed by atoms with Crippen LogP contribution in [-0.4, -0.2) is 5.97 Å². The SMILES string of the molecule is CCCCC(CC)C(=O)[O-].[Hg+]. The average Bonchev–Trinajstić information content (AvgIpc) is 1.89. The number of hydrogen-bond donors (Lipinski definition) is 0. The summed E-state index contributed by atoms with van der Waals surface area (Å²) in [6.07, 6.45) is 3.52. The molecule has 0 heterocycles. The fourth-order valence-electron chi connectivity index (χ4n) is 0.939. The molecule has 0 saturated heterocycles. The van der Waals surface area contributed by atoms with Crippen LogP contribution in [0.1, 0.15) is 39.5 Å². The molecule has 2 nitrogen and oxygen atoms in total. The summed E-state index contributed by atoms with van der Waals surface area (Å²) in [5, 5.41) is 10.3. The third kappa shape index (κ3) is 6.79. The number of carboxylic acids is 1. The zero-order valence-electron chi connectivity index (χ0n) is 7.43. The predicted molar refractivity (Wildman–Crippen MR) is 38.3 cm³/mol. The number of carbonyl (C=O) groups is 1. The zero-order valence-corrected chi connectivity index (χ0v) is 12.9. The summed E-state index contributed by atoms with van der Waals surface area (Å²) in [4.78, 5) is 10.3. The van der Waals surface area contributed by atoms with Gasteiger partial charge in [-0.25, -0.2) is 0 Å². The summed E-state index contributed by atoms with van der Waals surface area (Å²) in [7, 11) is 0. The van der Waals surface area contributed by atoms with Gasteiger partial charge in [0.1, 0.15) is 0 Å². The van der Waals surface area contributed by atoms with Crippen molar-refractivity contribution in [2.75, 3.05) is 0 Å². The molecule has 0 N–H and O–H groups in total. The largest absolute Gasteiger partial charge is 1.00 e. The summed E-state index contributed by atoms with van der Waals surface area (Å²) in [6, 6.07) is 0. The van der Waals surface area contributed by atoms with Crippen molar-refractivity contribution >= 4 is 5.97 Å². The maximum atomic E-state index is 10.3. The Labute approximate surface area is 88.9 Å². The minimum absolute atomic E-state index is 0. The van der Waals surface area contributed by atoms with Gasteiger partial charge in [0.2, 0.25) is 0 Å². The van der Waals surface area contributed by atoms with Gasteiger partial charge in [-0.1, -0.05) is 26.7 Å². The van der Waals surface area contributed by atoms with Gasteiger partial charge in [0.15, 0.2) is 0 Å². The average molecular weight is 344 g/mol. The van der Waals surface area contributed by atoms with Gasteiger partial charge in [0, 0.05) is 5.97 Å². The van der Waals surface area contributed by atoms with Crippen LogP contribution in [-0.2, 0) is 32.5 Å². The van der Waals surface area contributed by atoms with E-state index < -0.39 is 5.97 Å². The van der Waals surface area contributed by atoms with E-state index in [9.17, 15) is 9.90 Å². The number of hydrogen-bond acceptors (Lipinski definition) is 2. The molecule has 0 aliphatic heterocycles. The Morgan fingerprint density at radius 1 is 1.45 bits per heavy atom. The molecule has 0 aliphatic rings. The smallest absolute Gasteiger partial charge is 0.550 e. The van der Waals surface area contributed by atoms with Crippen LogP contribution in [0.15, 0.2) is 0 Å². The van der Waals surface area contributed by atoms with Crippen molar-refractivity contribution in [3.05, 3.63) is 0 Å². The summed E-state index contributed by atoms with van der Waals surface area (Å²) in [5.74, 6) is -1.11. The number of unbranched alkanes of at least 4 members (excludes halogenated alkanes) is 1. The van der Waals surface area contributed by atoms with Crippen LogP contribution in [0.5, 0.6) is 0 Å². The monoisotopic (exact) mass is 345 g/mol. The molecule has 0 fully saturated rings. The van der Waals surface area contributed by atoms with Crippen molar-refractivity contribution in [3.8, 4) is 0 Å². The summed E-state index contributed by atoms with van der Waals surface area (Å²) >= 11 is 0. The first-order valence-electron chi connectivity index (χ1n) is 3.93. The Hall–Kier alpha value is 0.405. The van der Waals surface area contributed by atoms with Gasteiger partial charge in [-0.3, -0.25) is 0 Å². The van der Waals surface area contributed by atoms with Crippen LogP contribution >= 0.6 is 0 Å². The van der Waals surface area contributed by atoms with Crippen LogP contribution in [0, 0.1) is 5.92 Å². The Morgan fingerprint density at radius 2 is 2.00 bits per heavy atom. The van der Waals surface area contributed by atoms with E-state index in [1.54, 1.807) is 0 Å². The first-order valence-corrected chi connectivity index (χ1v) is 3.93. The Kier molecular flexibility index (Phi) is 10.8.